The van der Waals surface area contributed by atoms with Crippen LogP contribution in [0.2, 0.25) is 0 Å². The van der Waals surface area contributed by atoms with Crippen LogP contribution in [0, 0.1) is 17.8 Å². The molecule has 0 aliphatic heterocycles. The first kappa shape index (κ1) is 12.0. The van der Waals surface area contributed by atoms with Crippen molar-refractivity contribution in [2.24, 2.45) is 17.8 Å². The minimum absolute atomic E-state index is 0.432. The molecule has 0 radical (unpaired) electrons. The maximum atomic E-state index is 10.4. The van der Waals surface area contributed by atoms with Gasteiger partial charge in [0.1, 0.15) is 0 Å². The first-order valence-electron chi connectivity index (χ1n) is 6.95. The number of aliphatic hydroxyl groups is 1. The van der Waals surface area contributed by atoms with Crippen LogP contribution in [0.5, 0.6) is 5.88 Å². The lowest BCUT2D eigenvalue weighted by atomic mass is 9.84. The van der Waals surface area contributed by atoms with Gasteiger partial charge in [0.05, 0.1) is 13.2 Å². The molecule has 3 heteroatoms. The minimum Gasteiger partial charge on any atom is -0.481 e. The molecule has 3 nitrogen and oxygen atoms in total. The van der Waals surface area contributed by atoms with Gasteiger partial charge in [0.2, 0.25) is 5.88 Å². The number of fused-ring (bicyclic) bond motifs is 2. The Hall–Kier alpha value is -1.09. The third-order valence-corrected chi connectivity index (χ3v) is 4.76. The summed E-state index contributed by atoms with van der Waals surface area (Å²) in [4.78, 5) is 4.16. The summed E-state index contributed by atoms with van der Waals surface area (Å²) >= 11 is 0. The zero-order valence-electron chi connectivity index (χ0n) is 10.9. The summed E-state index contributed by atoms with van der Waals surface area (Å²) in [6.45, 7) is 0. The van der Waals surface area contributed by atoms with Gasteiger partial charge in [0.15, 0.2) is 0 Å². The average Bonchev–Trinajstić information content (AvgIpc) is 3.01. The van der Waals surface area contributed by atoms with Crippen LogP contribution in [0.25, 0.3) is 0 Å². The molecule has 2 aliphatic carbocycles. The summed E-state index contributed by atoms with van der Waals surface area (Å²) in [6.07, 6.45) is 7.61. The van der Waals surface area contributed by atoms with Crippen LogP contribution < -0.4 is 4.74 Å². The van der Waals surface area contributed by atoms with Crippen LogP contribution in [0.4, 0.5) is 0 Å². The van der Waals surface area contributed by atoms with Gasteiger partial charge in [-0.1, -0.05) is 6.42 Å². The summed E-state index contributed by atoms with van der Waals surface area (Å²) in [5, 5.41) is 10.4. The highest BCUT2D eigenvalue weighted by Gasteiger charge is 2.40. The number of ether oxygens (including phenoxy) is 1. The van der Waals surface area contributed by atoms with Gasteiger partial charge in [-0.05, 0) is 55.6 Å². The van der Waals surface area contributed by atoms with Crippen molar-refractivity contribution in [1.82, 2.24) is 4.98 Å². The smallest absolute Gasteiger partial charge is 0.218 e. The maximum absolute atomic E-state index is 10.4. The number of rotatable bonds is 4. The zero-order chi connectivity index (χ0) is 12.5. The summed E-state index contributed by atoms with van der Waals surface area (Å²) in [5.41, 5.74) is 0.836. The van der Waals surface area contributed by atoms with Gasteiger partial charge < -0.3 is 9.84 Å². The number of nitrogens with zero attached hydrogens (tertiary/aromatic N) is 1. The minimum atomic E-state index is -0.432. The van der Waals surface area contributed by atoms with E-state index in [2.05, 4.69) is 4.98 Å². The Bertz CT molecular complexity index is 421. The first-order valence-corrected chi connectivity index (χ1v) is 6.95. The quantitative estimate of drug-likeness (QED) is 0.889. The Kier molecular flexibility index (Phi) is 3.25. The van der Waals surface area contributed by atoms with E-state index in [-0.39, 0.29) is 0 Å². The standard InChI is InChI=1S/C15H21NO2/c1-18-15-13(3-2-6-16-15)14(17)9-12-8-10-4-5-11(12)7-10/h2-3,6,10-12,14,17H,4-5,7-9H2,1H3. The Morgan fingerprint density at radius 2 is 2.33 bits per heavy atom. The maximum Gasteiger partial charge on any atom is 0.218 e. The summed E-state index contributed by atoms with van der Waals surface area (Å²) in [6, 6.07) is 3.78. The Morgan fingerprint density at radius 3 is 3.00 bits per heavy atom. The van der Waals surface area contributed by atoms with Crippen molar-refractivity contribution in [1.29, 1.82) is 0 Å². The predicted octanol–water partition coefficient (Wildman–Crippen LogP) is 2.95. The number of hydrogen-bond acceptors (Lipinski definition) is 3. The van der Waals surface area contributed by atoms with E-state index < -0.39 is 6.10 Å². The lowest BCUT2D eigenvalue weighted by Crippen LogP contribution is -2.15. The van der Waals surface area contributed by atoms with Crippen LogP contribution >= 0.6 is 0 Å². The fraction of sp³-hybridized carbons (Fsp3) is 0.667. The Balaban J connectivity index is 1.69. The van der Waals surface area contributed by atoms with Crippen molar-refractivity contribution in [3.05, 3.63) is 23.9 Å². The van der Waals surface area contributed by atoms with Gasteiger partial charge in [-0.2, -0.15) is 0 Å². The molecular weight excluding hydrogens is 226 g/mol. The predicted molar refractivity (Wildman–Crippen MR) is 69.3 cm³/mol. The SMILES string of the molecule is COc1ncccc1C(O)CC1CC2CCC1C2. The number of aliphatic hydroxyl groups excluding tert-OH is 1. The van der Waals surface area contributed by atoms with Crippen molar-refractivity contribution in [2.45, 2.75) is 38.2 Å². The van der Waals surface area contributed by atoms with Gasteiger partial charge in [-0.3, -0.25) is 0 Å². The Labute approximate surface area is 108 Å². The molecular formula is C15H21NO2. The van der Waals surface area contributed by atoms with Gasteiger partial charge >= 0.3 is 0 Å². The molecule has 0 aromatic carbocycles. The largest absolute Gasteiger partial charge is 0.481 e. The second-order valence-corrected chi connectivity index (χ2v) is 5.79. The van der Waals surface area contributed by atoms with Crippen molar-refractivity contribution >= 4 is 0 Å². The van der Waals surface area contributed by atoms with Gasteiger partial charge in [0, 0.05) is 11.8 Å². The average molecular weight is 247 g/mol. The van der Waals surface area contributed by atoms with Gasteiger partial charge in [0.25, 0.3) is 0 Å². The van der Waals surface area contributed by atoms with Crippen LogP contribution in [-0.2, 0) is 0 Å². The molecule has 1 aromatic rings. The molecule has 0 saturated heterocycles. The molecule has 98 valence electrons. The second-order valence-electron chi connectivity index (χ2n) is 5.79. The molecule has 1 N–H and O–H groups in total. The van der Waals surface area contributed by atoms with Gasteiger partial charge in [-0.15, -0.1) is 0 Å². The molecule has 3 rings (SSSR count). The van der Waals surface area contributed by atoms with Crippen molar-refractivity contribution in [3.8, 4) is 5.88 Å². The van der Waals surface area contributed by atoms with E-state index in [0.717, 1.165) is 23.8 Å². The van der Waals surface area contributed by atoms with Crippen LogP contribution in [0.15, 0.2) is 18.3 Å². The third kappa shape index (κ3) is 2.12. The highest BCUT2D eigenvalue weighted by molar-refractivity contribution is 5.27. The van der Waals surface area contributed by atoms with E-state index in [4.69, 9.17) is 4.74 Å². The third-order valence-electron chi connectivity index (χ3n) is 4.76. The van der Waals surface area contributed by atoms with E-state index in [0.29, 0.717) is 11.8 Å². The number of hydrogen-bond donors (Lipinski definition) is 1. The highest BCUT2D eigenvalue weighted by Crippen LogP contribution is 2.51. The molecule has 0 amide bonds. The molecule has 4 unspecified atom stereocenters. The van der Waals surface area contributed by atoms with E-state index in [9.17, 15) is 5.11 Å². The molecule has 0 spiro atoms. The number of aromatic nitrogens is 1. The zero-order valence-corrected chi connectivity index (χ0v) is 10.9. The number of methoxy groups -OCH3 is 1. The topological polar surface area (TPSA) is 42.4 Å². The molecule has 18 heavy (non-hydrogen) atoms. The van der Waals surface area contributed by atoms with Crippen LogP contribution in [0.3, 0.4) is 0 Å². The molecule has 2 bridgehead atoms. The van der Waals surface area contributed by atoms with E-state index in [1.807, 2.05) is 12.1 Å². The molecule has 4 atom stereocenters. The number of pyridine rings is 1. The fourth-order valence-corrected chi connectivity index (χ4v) is 3.91. The lowest BCUT2D eigenvalue weighted by molar-refractivity contribution is 0.122. The summed E-state index contributed by atoms with van der Waals surface area (Å²) in [7, 11) is 1.61. The van der Waals surface area contributed by atoms with Crippen LogP contribution in [0.1, 0.15) is 43.8 Å². The molecule has 1 aromatic heterocycles. The lowest BCUT2D eigenvalue weighted by Gasteiger charge is -2.24. The van der Waals surface area contributed by atoms with E-state index in [1.54, 1.807) is 13.3 Å². The highest BCUT2D eigenvalue weighted by atomic mass is 16.5. The summed E-state index contributed by atoms with van der Waals surface area (Å²) in [5.74, 6) is 3.05. The molecule has 2 fully saturated rings. The summed E-state index contributed by atoms with van der Waals surface area (Å²) < 4.78 is 5.22. The van der Waals surface area contributed by atoms with E-state index in [1.165, 1.54) is 25.7 Å². The normalized spacial score (nSPS) is 31.6. The van der Waals surface area contributed by atoms with Crippen molar-refractivity contribution in [2.75, 3.05) is 7.11 Å². The monoisotopic (exact) mass is 247 g/mol. The molecule has 2 saturated carbocycles. The fourth-order valence-electron chi connectivity index (χ4n) is 3.91. The Morgan fingerprint density at radius 1 is 1.44 bits per heavy atom. The van der Waals surface area contributed by atoms with Crippen LogP contribution in [-0.4, -0.2) is 17.2 Å². The second kappa shape index (κ2) is 4.88. The first-order chi connectivity index (χ1) is 8.78. The van der Waals surface area contributed by atoms with Crippen molar-refractivity contribution in [3.63, 3.8) is 0 Å². The van der Waals surface area contributed by atoms with Gasteiger partial charge in [-0.25, -0.2) is 4.98 Å². The van der Waals surface area contributed by atoms with Crippen molar-refractivity contribution < 1.29 is 9.84 Å². The molecule has 1 heterocycles. The molecule has 2 aliphatic rings. The van der Waals surface area contributed by atoms with E-state index >= 15 is 0 Å².